The number of hydrogen-bond acceptors (Lipinski definition) is 2. The summed E-state index contributed by atoms with van der Waals surface area (Å²) in [4.78, 5) is 12.0. The lowest BCUT2D eigenvalue weighted by Crippen LogP contribution is -2.01. The second-order valence-electron chi connectivity index (χ2n) is 4.34. The van der Waals surface area contributed by atoms with E-state index in [-0.39, 0.29) is 5.78 Å². The van der Waals surface area contributed by atoms with Gasteiger partial charge in [-0.25, -0.2) is 0 Å². The lowest BCUT2D eigenvalue weighted by atomic mass is 10.1. The topological polar surface area (TPSA) is 29.1 Å². The Morgan fingerprint density at radius 3 is 2.25 bits per heavy atom. The van der Waals surface area contributed by atoms with Crippen LogP contribution < -0.4 is 5.32 Å². The molecule has 102 valence electrons. The largest absolute Gasteiger partial charge is 0.359 e. The molecule has 2 aromatic carbocycles. The van der Waals surface area contributed by atoms with Crippen LogP contribution in [0.5, 0.6) is 0 Å². The number of hydrogen-bond donors (Lipinski definition) is 1. The van der Waals surface area contributed by atoms with Crippen molar-refractivity contribution in [2.75, 3.05) is 5.32 Å². The Bertz CT molecular complexity index is 631. The van der Waals surface area contributed by atoms with Gasteiger partial charge in [0.25, 0.3) is 0 Å². The first kappa shape index (κ1) is 14.6. The van der Waals surface area contributed by atoms with Gasteiger partial charge in [-0.05, 0) is 25.1 Å². The van der Waals surface area contributed by atoms with Crippen molar-refractivity contribution in [3.05, 3.63) is 75.9 Å². The van der Waals surface area contributed by atoms with Gasteiger partial charge in [-0.2, -0.15) is 0 Å². The van der Waals surface area contributed by atoms with Crippen LogP contribution >= 0.6 is 23.2 Å². The molecule has 2 rings (SSSR count). The molecule has 0 saturated heterocycles. The molecule has 1 N–H and O–H groups in total. The summed E-state index contributed by atoms with van der Waals surface area (Å²) in [5.41, 5.74) is 2.12. The minimum atomic E-state index is -0.0521. The number of nitrogens with one attached hydrogen (secondary N) is 1. The summed E-state index contributed by atoms with van der Waals surface area (Å²) < 4.78 is 0. The molecule has 0 aliphatic carbocycles. The van der Waals surface area contributed by atoms with Crippen molar-refractivity contribution >= 4 is 34.7 Å². The van der Waals surface area contributed by atoms with E-state index in [2.05, 4.69) is 5.32 Å². The van der Waals surface area contributed by atoms with Crippen LogP contribution in [-0.4, -0.2) is 5.78 Å². The molecule has 0 aliphatic heterocycles. The Labute approximate surface area is 128 Å². The molecule has 0 fully saturated rings. The summed E-state index contributed by atoms with van der Waals surface area (Å²) in [6.45, 7) is 1.82. The maximum Gasteiger partial charge on any atom is 0.187 e. The summed E-state index contributed by atoms with van der Waals surface area (Å²) in [5.74, 6) is -0.0521. The molecule has 0 amide bonds. The first-order valence-corrected chi connectivity index (χ1v) is 6.81. The molecular formula is C16H13Cl2NO. The van der Waals surface area contributed by atoms with Crippen LogP contribution in [0.25, 0.3) is 0 Å². The van der Waals surface area contributed by atoms with Crippen LogP contribution in [0.4, 0.5) is 5.69 Å². The second kappa shape index (κ2) is 6.60. The lowest BCUT2D eigenvalue weighted by molar-refractivity contribution is 0.104. The molecule has 0 spiro atoms. The van der Waals surface area contributed by atoms with Crippen LogP contribution in [0.2, 0.25) is 10.0 Å². The van der Waals surface area contributed by atoms with Gasteiger partial charge in [0.15, 0.2) is 5.78 Å². The third kappa shape index (κ3) is 4.12. The Balaban J connectivity index is 2.13. The van der Waals surface area contributed by atoms with Gasteiger partial charge in [0.2, 0.25) is 0 Å². The first-order valence-electron chi connectivity index (χ1n) is 6.05. The predicted molar refractivity (Wildman–Crippen MR) is 84.6 cm³/mol. The van der Waals surface area contributed by atoms with E-state index >= 15 is 0 Å². The van der Waals surface area contributed by atoms with E-state index in [9.17, 15) is 4.79 Å². The minimum Gasteiger partial charge on any atom is -0.359 e. The molecule has 0 aliphatic rings. The fourth-order valence-corrected chi connectivity index (χ4v) is 2.30. The van der Waals surface area contributed by atoms with E-state index in [0.29, 0.717) is 15.6 Å². The number of halogens is 2. The number of ketones is 1. The Morgan fingerprint density at radius 2 is 1.65 bits per heavy atom. The molecule has 0 saturated carbocycles. The van der Waals surface area contributed by atoms with Crippen LogP contribution in [0.1, 0.15) is 17.3 Å². The quantitative estimate of drug-likeness (QED) is 0.622. The average molecular weight is 306 g/mol. The Morgan fingerprint density at radius 1 is 1.05 bits per heavy atom. The van der Waals surface area contributed by atoms with Crippen LogP contribution in [0.15, 0.2) is 60.3 Å². The zero-order valence-corrected chi connectivity index (χ0v) is 12.4. The fraction of sp³-hybridized carbons (Fsp3) is 0.0625. The number of benzene rings is 2. The summed E-state index contributed by atoms with van der Waals surface area (Å²) in [6.07, 6.45) is 1.55. The maximum absolute atomic E-state index is 12.0. The SMILES string of the molecule is C/C(=C\C(=O)c1ccccc1)Nc1cc(Cl)cc(Cl)c1. The van der Waals surface area contributed by atoms with E-state index in [1.54, 1.807) is 36.4 Å². The number of carbonyl (C=O) groups is 1. The molecule has 0 aromatic heterocycles. The Kier molecular flexibility index (Phi) is 4.83. The third-order valence-corrected chi connectivity index (χ3v) is 3.05. The van der Waals surface area contributed by atoms with Gasteiger partial charge in [-0.3, -0.25) is 4.79 Å². The number of carbonyl (C=O) groups excluding carboxylic acids is 1. The van der Waals surface area contributed by atoms with Gasteiger partial charge in [-0.1, -0.05) is 53.5 Å². The molecular weight excluding hydrogens is 293 g/mol. The highest BCUT2D eigenvalue weighted by Crippen LogP contribution is 2.23. The first-order chi connectivity index (χ1) is 9.54. The summed E-state index contributed by atoms with van der Waals surface area (Å²) in [5, 5.41) is 4.18. The van der Waals surface area contributed by atoms with Crippen LogP contribution in [-0.2, 0) is 0 Å². The van der Waals surface area contributed by atoms with Crippen molar-refractivity contribution in [3.8, 4) is 0 Å². The van der Waals surface area contributed by atoms with Crippen molar-refractivity contribution in [1.82, 2.24) is 0 Å². The highest BCUT2D eigenvalue weighted by atomic mass is 35.5. The third-order valence-electron chi connectivity index (χ3n) is 2.61. The highest BCUT2D eigenvalue weighted by Gasteiger charge is 2.03. The predicted octanol–water partition coefficient (Wildman–Crippen LogP) is 5.19. The van der Waals surface area contributed by atoms with Crippen molar-refractivity contribution in [3.63, 3.8) is 0 Å². The molecule has 0 bridgehead atoms. The van der Waals surface area contributed by atoms with Gasteiger partial charge in [0.05, 0.1) is 0 Å². The molecule has 2 nitrogen and oxygen atoms in total. The number of anilines is 1. The van der Waals surface area contributed by atoms with Gasteiger partial charge < -0.3 is 5.32 Å². The standard InChI is InChI=1S/C16H13Cl2NO/c1-11(7-16(20)12-5-3-2-4-6-12)19-15-9-13(17)8-14(18)10-15/h2-10,19H,1H3/b11-7+. The molecule has 0 unspecified atom stereocenters. The molecule has 0 heterocycles. The zero-order valence-electron chi connectivity index (χ0n) is 10.9. The highest BCUT2D eigenvalue weighted by molar-refractivity contribution is 6.35. The summed E-state index contributed by atoms with van der Waals surface area (Å²) >= 11 is 11.8. The second-order valence-corrected chi connectivity index (χ2v) is 5.21. The lowest BCUT2D eigenvalue weighted by Gasteiger charge is -2.07. The summed E-state index contributed by atoms with van der Waals surface area (Å²) in [6, 6.07) is 14.3. The van der Waals surface area contributed by atoms with E-state index in [1.807, 2.05) is 25.1 Å². The van der Waals surface area contributed by atoms with Crippen LogP contribution in [0.3, 0.4) is 0 Å². The monoisotopic (exact) mass is 305 g/mol. The number of rotatable bonds is 4. The number of allylic oxidation sites excluding steroid dienone is 2. The maximum atomic E-state index is 12.0. The molecule has 0 radical (unpaired) electrons. The smallest absolute Gasteiger partial charge is 0.187 e. The van der Waals surface area contributed by atoms with E-state index in [0.717, 1.165) is 11.4 Å². The van der Waals surface area contributed by atoms with Gasteiger partial charge >= 0.3 is 0 Å². The van der Waals surface area contributed by atoms with Gasteiger partial charge in [0.1, 0.15) is 0 Å². The van der Waals surface area contributed by atoms with Crippen molar-refractivity contribution in [2.45, 2.75) is 6.92 Å². The fourth-order valence-electron chi connectivity index (χ4n) is 1.77. The molecule has 0 atom stereocenters. The summed E-state index contributed by atoms with van der Waals surface area (Å²) in [7, 11) is 0. The minimum absolute atomic E-state index is 0.0521. The Hall–Kier alpha value is -1.77. The van der Waals surface area contributed by atoms with E-state index < -0.39 is 0 Å². The van der Waals surface area contributed by atoms with Gasteiger partial charge in [-0.15, -0.1) is 0 Å². The molecule has 4 heteroatoms. The molecule has 2 aromatic rings. The average Bonchev–Trinajstić information content (AvgIpc) is 2.38. The normalized spacial score (nSPS) is 11.2. The van der Waals surface area contributed by atoms with Crippen molar-refractivity contribution < 1.29 is 4.79 Å². The van der Waals surface area contributed by atoms with Crippen molar-refractivity contribution in [1.29, 1.82) is 0 Å². The zero-order chi connectivity index (χ0) is 14.5. The van der Waals surface area contributed by atoms with E-state index in [4.69, 9.17) is 23.2 Å². The molecule has 20 heavy (non-hydrogen) atoms. The van der Waals surface area contributed by atoms with Crippen LogP contribution in [0, 0.1) is 0 Å². The van der Waals surface area contributed by atoms with E-state index in [1.165, 1.54) is 0 Å². The van der Waals surface area contributed by atoms with Crippen molar-refractivity contribution in [2.24, 2.45) is 0 Å². The van der Waals surface area contributed by atoms with Gasteiger partial charge in [0, 0.05) is 33.1 Å².